The van der Waals surface area contributed by atoms with Crippen LogP contribution >= 0.6 is 0 Å². The second-order valence-electron chi connectivity index (χ2n) is 45.9. The first kappa shape index (κ1) is 112. The van der Waals surface area contributed by atoms with Crippen LogP contribution in [-0.4, -0.2) is 54.8 Å². The molecule has 0 bridgehead atoms. The van der Waals surface area contributed by atoms with Crippen molar-refractivity contribution in [2.45, 2.75) is 327 Å². The number of phenolic OH excluding ortho intramolecular Hbond substituents is 2. The van der Waals surface area contributed by atoms with Gasteiger partial charge in [0.15, 0.2) is 12.2 Å². The molecule has 0 saturated heterocycles. The normalized spacial score (nSPS) is 18.0. The number of benzene rings is 8. The van der Waals surface area contributed by atoms with Gasteiger partial charge in [0.05, 0.1) is 44.6 Å². The van der Waals surface area contributed by atoms with E-state index in [2.05, 4.69) is 294 Å². The Morgan fingerprint density at radius 1 is 0.460 bits per heavy atom. The molecule has 4 N–H and O–H groups in total. The Hall–Kier alpha value is -6.33. The summed E-state index contributed by atoms with van der Waals surface area (Å²) in [7, 11) is -1.50. The smallest absolute Gasteiger partial charge is 0.660 e. The second kappa shape index (κ2) is 41.6. The van der Waals surface area contributed by atoms with E-state index < -0.39 is 19.9 Å². The maximum Gasteiger partial charge on any atom is 4.00 e. The van der Waals surface area contributed by atoms with Gasteiger partial charge in [0.1, 0.15) is 29.6 Å². The molecule has 0 spiro atoms. The molecule has 8 atom stereocenters. The van der Waals surface area contributed by atoms with Crippen molar-refractivity contribution < 1.29 is 76.4 Å². The molecule has 2 aromatic heterocycles. The van der Waals surface area contributed by atoms with Crippen LogP contribution in [0.4, 0.5) is 8.78 Å². The van der Waals surface area contributed by atoms with Gasteiger partial charge < -0.3 is 70.9 Å². The van der Waals surface area contributed by atoms with Gasteiger partial charge in [-0.1, -0.05) is 275 Å². The van der Waals surface area contributed by atoms with Gasteiger partial charge >= 0.3 is 21.7 Å². The summed E-state index contributed by atoms with van der Waals surface area (Å²) in [5.41, 5.74) is 13.8. The molecule has 686 valence electrons. The SMILES string of the molecule is C=C/C=C/C.CC1CC2CC3CCCC3CC2C1[Si](C)(C)[N-]C(C)(C)C.C[C@H](C[C@H](C)[OH+]c1ccc(F)cc1-c1cc(C(C)(C)CC(C)(C)C)cc(-n2c3ccc(C(C)(C)C)cc3c3cc(C(C)(C)C)ccc32)c1O)[OH+]c1ccc(F)cc1-c1cc(C(C)(C)CC(C)(C)C)cc(-n2c3ccc(C(C)(C)C)cc3c3cc(C(C)(C)C)ccc32)c1O.[CH3-].[CH3-].[CH3-].[CH3-].[CH3-].[Ti+4].[Zr]. The van der Waals surface area contributed by atoms with E-state index in [1.165, 1.54) is 65.8 Å². The van der Waals surface area contributed by atoms with Crippen molar-refractivity contribution in [1.29, 1.82) is 0 Å². The molecule has 8 aromatic carbocycles. The van der Waals surface area contributed by atoms with E-state index in [9.17, 15) is 10.2 Å². The van der Waals surface area contributed by atoms with Crippen LogP contribution in [0.2, 0.25) is 18.6 Å². The van der Waals surface area contributed by atoms with Gasteiger partial charge in [-0.3, -0.25) is 0 Å². The number of rotatable bonds is 17. The minimum absolute atomic E-state index is 0. The van der Waals surface area contributed by atoms with Crippen molar-refractivity contribution in [3.05, 3.63) is 245 Å². The summed E-state index contributed by atoms with van der Waals surface area (Å²) < 4.78 is 47.4. The molecular formula is C114H165F2N3O4SiTiZr. The number of hydrogen-bond acceptors (Lipinski definition) is 2. The number of phenols is 2. The van der Waals surface area contributed by atoms with Crippen LogP contribution in [0.15, 0.2) is 158 Å². The maximum atomic E-state index is 16.1. The summed E-state index contributed by atoms with van der Waals surface area (Å²) in [6.07, 6.45) is 16.3. The molecule has 10 aromatic rings. The van der Waals surface area contributed by atoms with E-state index >= 15 is 8.78 Å². The topological polar surface area (TPSA) is 90.0 Å². The Balaban J connectivity index is 0.000000862. The summed E-state index contributed by atoms with van der Waals surface area (Å²) in [5.74, 6) is 5.44. The average molecular weight is 1850 g/mol. The summed E-state index contributed by atoms with van der Waals surface area (Å²) in [6.45, 7) is 73.4. The third-order valence-electron chi connectivity index (χ3n) is 26.2. The number of halogens is 2. The fraction of sp³-hybridized carbons (Fsp3) is 0.500. The van der Waals surface area contributed by atoms with Crippen molar-refractivity contribution in [2.75, 3.05) is 0 Å². The average Bonchev–Trinajstić information content (AvgIpc) is 1.56. The van der Waals surface area contributed by atoms with Crippen molar-refractivity contribution in [2.24, 2.45) is 40.4 Å². The van der Waals surface area contributed by atoms with Gasteiger partial charge in [0.2, 0.25) is 0 Å². The van der Waals surface area contributed by atoms with Crippen LogP contribution in [0.3, 0.4) is 0 Å². The number of fused-ring (bicyclic) bond motifs is 8. The van der Waals surface area contributed by atoms with E-state index in [0.29, 0.717) is 51.5 Å². The molecule has 7 nitrogen and oxygen atoms in total. The minimum atomic E-state index is -1.50. The molecule has 13 rings (SSSR count). The van der Waals surface area contributed by atoms with Gasteiger partial charge in [0, 0.05) is 84.9 Å². The molecule has 3 aliphatic rings. The molecule has 3 aliphatic carbocycles. The summed E-state index contributed by atoms with van der Waals surface area (Å²) in [4.78, 5) is 5.39. The summed E-state index contributed by atoms with van der Waals surface area (Å²) >= 11 is 0. The standard InChI is InChI=1S/C85H104F2N2O4.C19H36NSi.C5H8.5CH3.Ti.Zr/c1-50(92-74-35-29-58(86)46-64(74)66-42-56(84(21,22)48-78(3,4)5)44-72(76(66)90)88-68-31-25-52(80(9,10)11)38-60(68)61-39-53(81(12,13)14)26-32-69(61)88)37-51(2)93-75-36-30-59(87)47-65(75)67-43-57(85(23,24)49-79(6,7)8)45-73(77(67)91)89-70-33-27-54(82(15,16)17)40-62(70)63-41-55(83(18,19)20)28-34-71(63)89;1-13-10-16-11-14-8-7-9-15(14)12-17(16)18(13)21(5,6)20-19(2,3)4;1-3-5-4-2;;;;;;;/h25-36,38-47,50-51,90-91H,37,48-49H2,1-24H3;13-18H,7-12H2,1-6H3;3-5H,1H2,2H3;5*1H3;;/q;-1;;5*-1;+4;/p+2/b;;5-4+;;;;;;;/t50-,51+;;;;;;;;;. The van der Waals surface area contributed by atoms with E-state index in [4.69, 9.17) is 14.5 Å². The quantitative estimate of drug-likeness (QED) is 0.0412. The van der Waals surface area contributed by atoms with Crippen molar-refractivity contribution in [3.8, 4) is 56.6 Å². The molecule has 2 heterocycles. The van der Waals surface area contributed by atoms with Crippen LogP contribution in [0.1, 0.15) is 292 Å². The van der Waals surface area contributed by atoms with Gasteiger partial charge in [0.25, 0.3) is 11.5 Å². The Morgan fingerprint density at radius 3 is 1.09 bits per heavy atom. The Morgan fingerprint density at radius 2 is 0.794 bits per heavy atom. The van der Waals surface area contributed by atoms with E-state index in [-0.39, 0.29) is 158 Å². The molecule has 126 heavy (non-hydrogen) atoms. The van der Waals surface area contributed by atoms with Gasteiger partial charge in [-0.2, -0.15) is 0 Å². The van der Waals surface area contributed by atoms with E-state index in [1.54, 1.807) is 37.5 Å². The third kappa shape index (κ3) is 25.3. The second-order valence-corrected chi connectivity index (χ2v) is 50.1. The Labute approximate surface area is 800 Å². The van der Waals surface area contributed by atoms with Crippen LogP contribution < -0.4 is 0 Å². The third-order valence-corrected chi connectivity index (χ3v) is 30.1. The first-order valence-electron chi connectivity index (χ1n) is 44.8. The Kier molecular flexibility index (Phi) is 37.0. The first-order chi connectivity index (χ1) is 54.9. The number of aromatic hydroxyl groups is 4. The molecule has 12 heteroatoms. The molecule has 0 radical (unpaired) electrons. The maximum absolute atomic E-state index is 16.1. The van der Waals surface area contributed by atoms with Gasteiger partial charge in [-0.15, -0.1) is 5.54 Å². The molecule has 3 saturated carbocycles. The molecule has 0 aliphatic heterocycles. The predicted molar refractivity (Wildman–Crippen MR) is 544 cm³/mol. The van der Waals surface area contributed by atoms with Crippen LogP contribution in [0.25, 0.3) is 82.2 Å². The molecule has 6 unspecified atom stereocenters. The number of aromatic nitrogens is 2. The molecular weight excluding hydrogens is 1680 g/mol. The van der Waals surface area contributed by atoms with E-state index in [0.717, 1.165) is 103 Å². The Bertz CT molecular complexity index is 4970. The monoisotopic (exact) mass is 1840 g/mol. The fourth-order valence-electron chi connectivity index (χ4n) is 21.7. The summed E-state index contributed by atoms with van der Waals surface area (Å²) in [6, 6.07) is 44.5. The van der Waals surface area contributed by atoms with Gasteiger partial charge in [-0.25, -0.2) is 8.78 Å². The predicted octanol–water partition coefficient (Wildman–Crippen LogP) is 34.1. The number of aliphatic hydroxyl groups is 2. The number of hydrogen-bond donors (Lipinski definition) is 2. The van der Waals surface area contributed by atoms with Crippen LogP contribution in [0, 0.1) is 89.2 Å². The van der Waals surface area contributed by atoms with Gasteiger partial charge in [-0.05, 0) is 242 Å². The van der Waals surface area contributed by atoms with Crippen LogP contribution in [-0.2, 0) is 80.4 Å². The van der Waals surface area contributed by atoms with Crippen LogP contribution in [0.5, 0.6) is 23.0 Å². The zero-order valence-corrected chi connectivity index (χ0v) is 90.0. The van der Waals surface area contributed by atoms with Crippen molar-refractivity contribution in [1.82, 2.24) is 9.13 Å². The van der Waals surface area contributed by atoms with E-state index in [1.807, 2.05) is 45.1 Å². The molecule has 0 amide bonds. The number of ether oxygens (including phenoxy) is 2. The van der Waals surface area contributed by atoms with Crippen molar-refractivity contribution >= 4 is 51.8 Å². The first-order valence-corrected chi connectivity index (χ1v) is 47.8. The largest absolute Gasteiger partial charge is 4.00 e. The zero-order valence-electron chi connectivity index (χ0n) is 85.0. The number of nitrogens with zero attached hydrogens (tertiary/aromatic N) is 3. The van der Waals surface area contributed by atoms with Crippen molar-refractivity contribution in [3.63, 3.8) is 0 Å². The summed E-state index contributed by atoms with van der Waals surface area (Å²) in [5, 5.41) is 30.7. The minimum Gasteiger partial charge on any atom is -0.660 e. The molecule has 3 fully saturated rings. The zero-order chi connectivity index (χ0) is 87.9. The number of allylic oxidation sites excluding steroid dienone is 3. The fourth-order valence-corrected chi connectivity index (χ4v) is 26.6.